The van der Waals surface area contributed by atoms with E-state index in [1.54, 1.807) is 6.92 Å². The van der Waals surface area contributed by atoms with E-state index in [2.05, 4.69) is 15.3 Å². The summed E-state index contributed by atoms with van der Waals surface area (Å²) in [4.78, 5) is 20.0. The maximum atomic E-state index is 12.4. The fourth-order valence-corrected chi connectivity index (χ4v) is 3.49. The molecule has 0 saturated carbocycles. The van der Waals surface area contributed by atoms with Crippen LogP contribution in [0.4, 0.5) is 10.5 Å². The van der Waals surface area contributed by atoms with Gasteiger partial charge in [0, 0.05) is 18.1 Å². The number of hydrogen-bond donors (Lipinski definition) is 2. The molecule has 0 saturated heterocycles. The minimum Gasteiger partial charge on any atom is -0.307 e. The van der Waals surface area contributed by atoms with Crippen molar-refractivity contribution >= 4 is 21.7 Å². The number of benzene rings is 1. The van der Waals surface area contributed by atoms with Gasteiger partial charge in [-0.25, -0.2) is 19.5 Å². The molecule has 1 aromatic heterocycles. The van der Waals surface area contributed by atoms with Crippen LogP contribution in [0.2, 0.25) is 0 Å². The van der Waals surface area contributed by atoms with E-state index >= 15 is 0 Å². The van der Waals surface area contributed by atoms with E-state index in [9.17, 15) is 13.2 Å². The van der Waals surface area contributed by atoms with Crippen LogP contribution in [-0.4, -0.2) is 24.4 Å². The fraction of sp³-hybridized carbons (Fsp3) is 0.421. The molecule has 27 heavy (non-hydrogen) atoms. The van der Waals surface area contributed by atoms with Crippen molar-refractivity contribution in [3.63, 3.8) is 0 Å². The third-order valence-corrected chi connectivity index (χ3v) is 5.20. The van der Waals surface area contributed by atoms with Gasteiger partial charge in [-0.15, -0.1) is 0 Å². The topological polar surface area (TPSA) is 101 Å². The first-order valence-corrected chi connectivity index (χ1v) is 10.3. The summed E-state index contributed by atoms with van der Waals surface area (Å²) in [5, 5.41) is 2.28. The van der Waals surface area contributed by atoms with E-state index in [0.717, 1.165) is 22.3 Å². The van der Waals surface area contributed by atoms with Crippen molar-refractivity contribution in [1.29, 1.82) is 0 Å². The number of amides is 2. The van der Waals surface area contributed by atoms with E-state index in [1.807, 2.05) is 51.5 Å². The van der Waals surface area contributed by atoms with E-state index in [4.69, 9.17) is 0 Å². The highest BCUT2D eigenvalue weighted by molar-refractivity contribution is 7.89. The van der Waals surface area contributed by atoms with Gasteiger partial charge in [0.25, 0.3) is 5.16 Å². The number of rotatable bonds is 5. The lowest BCUT2D eigenvalue weighted by atomic mass is 9.90. The highest BCUT2D eigenvalue weighted by atomic mass is 32.2. The Kier molecular flexibility index (Phi) is 6.20. The first kappa shape index (κ1) is 20.8. The molecule has 2 aromatic rings. The minimum atomic E-state index is -4.15. The van der Waals surface area contributed by atoms with Crippen LogP contribution in [0.25, 0.3) is 0 Å². The predicted molar refractivity (Wildman–Crippen MR) is 105 cm³/mol. The molecule has 1 aromatic carbocycles. The summed E-state index contributed by atoms with van der Waals surface area (Å²) in [5.74, 6) is 0.324. The monoisotopic (exact) mass is 390 g/mol. The second kappa shape index (κ2) is 8.04. The van der Waals surface area contributed by atoms with Crippen molar-refractivity contribution in [2.45, 2.75) is 58.5 Å². The molecule has 0 unspecified atom stereocenters. The predicted octanol–water partition coefficient (Wildman–Crippen LogP) is 3.85. The van der Waals surface area contributed by atoms with Crippen LogP contribution < -0.4 is 10.0 Å². The quantitative estimate of drug-likeness (QED) is 0.755. The van der Waals surface area contributed by atoms with Crippen LogP contribution in [0.1, 0.15) is 61.8 Å². The van der Waals surface area contributed by atoms with Gasteiger partial charge >= 0.3 is 16.1 Å². The van der Waals surface area contributed by atoms with Crippen molar-refractivity contribution in [3.8, 4) is 0 Å². The fourth-order valence-electron chi connectivity index (χ4n) is 2.72. The van der Waals surface area contributed by atoms with Gasteiger partial charge in [-0.05, 0) is 42.4 Å². The normalized spacial score (nSPS) is 11.7. The van der Waals surface area contributed by atoms with Gasteiger partial charge in [0.2, 0.25) is 0 Å². The zero-order valence-electron chi connectivity index (χ0n) is 16.5. The largest absolute Gasteiger partial charge is 0.333 e. The highest BCUT2D eigenvalue weighted by Crippen LogP contribution is 2.33. The molecule has 0 radical (unpaired) electrons. The van der Waals surface area contributed by atoms with Crippen LogP contribution in [0, 0.1) is 13.8 Å². The Hall–Kier alpha value is -2.48. The zero-order valence-corrected chi connectivity index (χ0v) is 17.3. The van der Waals surface area contributed by atoms with Crippen LogP contribution in [0.5, 0.6) is 0 Å². The first-order chi connectivity index (χ1) is 12.5. The smallest absolute Gasteiger partial charge is 0.307 e. The number of aryl methyl sites for hydroxylation is 2. The molecule has 2 rings (SSSR count). The minimum absolute atomic E-state index is 0.162. The summed E-state index contributed by atoms with van der Waals surface area (Å²) in [7, 11) is -4.15. The lowest BCUT2D eigenvalue weighted by molar-refractivity contribution is 0.256. The Balaban J connectivity index is 2.33. The summed E-state index contributed by atoms with van der Waals surface area (Å²) in [6, 6.07) is 3.17. The average molecular weight is 391 g/mol. The second-order valence-corrected chi connectivity index (χ2v) is 8.81. The number of urea groups is 1. The molecule has 0 bridgehead atoms. The van der Waals surface area contributed by atoms with Gasteiger partial charge in [0.15, 0.2) is 0 Å². The van der Waals surface area contributed by atoms with Crippen molar-refractivity contribution in [3.05, 3.63) is 46.8 Å². The Bertz CT molecular complexity index is 907. The third kappa shape index (κ3) is 5.03. The third-order valence-electron chi connectivity index (χ3n) is 4.05. The van der Waals surface area contributed by atoms with Gasteiger partial charge < -0.3 is 5.32 Å². The number of carbonyl (C=O) groups is 1. The summed E-state index contributed by atoms with van der Waals surface area (Å²) in [6.07, 6.45) is 2.76. The molecule has 0 atom stereocenters. The molecular formula is C19H26N4O3S. The van der Waals surface area contributed by atoms with Crippen LogP contribution in [-0.2, 0) is 10.0 Å². The van der Waals surface area contributed by atoms with Gasteiger partial charge in [-0.1, -0.05) is 45.4 Å². The molecule has 0 aliphatic heterocycles. The van der Waals surface area contributed by atoms with Crippen molar-refractivity contribution in [2.75, 3.05) is 5.32 Å². The van der Waals surface area contributed by atoms with Gasteiger partial charge in [-0.2, -0.15) is 8.42 Å². The summed E-state index contributed by atoms with van der Waals surface area (Å²) < 4.78 is 26.7. The number of hydrogen-bond acceptors (Lipinski definition) is 5. The molecule has 0 spiro atoms. The van der Waals surface area contributed by atoms with E-state index in [0.29, 0.717) is 5.69 Å². The maximum absolute atomic E-state index is 12.4. The lowest BCUT2D eigenvalue weighted by Crippen LogP contribution is -2.36. The van der Waals surface area contributed by atoms with Crippen LogP contribution in [0.3, 0.4) is 0 Å². The summed E-state index contributed by atoms with van der Waals surface area (Å²) in [5.41, 5.74) is 4.37. The average Bonchev–Trinajstić information content (AvgIpc) is 2.55. The number of anilines is 1. The molecule has 0 fully saturated rings. The molecule has 0 aliphatic rings. The van der Waals surface area contributed by atoms with E-state index in [-0.39, 0.29) is 11.8 Å². The Morgan fingerprint density at radius 3 is 1.85 bits per heavy atom. The zero-order chi connectivity index (χ0) is 20.4. The van der Waals surface area contributed by atoms with Crippen LogP contribution in [0.15, 0.2) is 29.7 Å². The molecule has 1 heterocycles. The number of nitrogens with zero attached hydrogens (tertiary/aromatic N) is 2. The van der Waals surface area contributed by atoms with Crippen molar-refractivity contribution < 1.29 is 13.2 Å². The molecule has 146 valence electrons. The summed E-state index contributed by atoms with van der Waals surface area (Å²) in [6.45, 7) is 11.9. The number of sulfonamides is 1. The Labute approximate surface area is 160 Å². The Morgan fingerprint density at radius 1 is 0.926 bits per heavy atom. The van der Waals surface area contributed by atoms with Gasteiger partial charge in [0.1, 0.15) is 0 Å². The second-order valence-electron chi connectivity index (χ2n) is 7.23. The molecular weight excluding hydrogens is 364 g/mol. The highest BCUT2D eigenvalue weighted by Gasteiger charge is 2.23. The number of aromatic nitrogens is 2. The first-order valence-electron chi connectivity index (χ1n) is 8.78. The maximum Gasteiger partial charge on any atom is 0.333 e. The SMILES string of the molecule is Cc1cnc(S(=O)(=O)NC(=O)Nc2c(C(C)C)cc(C)cc2C(C)C)nc1. The molecule has 2 N–H and O–H groups in total. The van der Waals surface area contributed by atoms with Crippen molar-refractivity contribution in [2.24, 2.45) is 0 Å². The van der Waals surface area contributed by atoms with E-state index in [1.165, 1.54) is 12.4 Å². The molecule has 2 amide bonds. The summed E-state index contributed by atoms with van der Waals surface area (Å²) >= 11 is 0. The molecule has 0 aliphatic carbocycles. The van der Waals surface area contributed by atoms with Crippen molar-refractivity contribution in [1.82, 2.24) is 14.7 Å². The van der Waals surface area contributed by atoms with Gasteiger partial charge in [0.05, 0.1) is 0 Å². The molecule has 7 nitrogen and oxygen atoms in total. The number of nitrogens with one attached hydrogen (secondary N) is 2. The lowest BCUT2D eigenvalue weighted by Gasteiger charge is -2.21. The molecule has 8 heteroatoms. The van der Waals surface area contributed by atoms with Gasteiger partial charge in [-0.3, -0.25) is 0 Å². The van der Waals surface area contributed by atoms with E-state index < -0.39 is 21.2 Å². The standard InChI is InChI=1S/C19H26N4O3S/c1-11(2)15-7-13(5)8-16(12(3)4)17(15)22-18(24)23-27(25,26)19-20-9-14(6)10-21-19/h7-12H,1-6H3,(H2,22,23,24). The number of carbonyl (C=O) groups excluding carboxylic acids is 1. The Morgan fingerprint density at radius 2 is 1.41 bits per heavy atom. The van der Waals surface area contributed by atoms with Crippen LogP contribution >= 0.6 is 0 Å².